The number of carbonyl (C=O) groups is 2. The van der Waals surface area contributed by atoms with Crippen molar-refractivity contribution < 1.29 is 18.0 Å². The van der Waals surface area contributed by atoms with Crippen molar-refractivity contribution >= 4 is 62.3 Å². The number of halogens is 3. The van der Waals surface area contributed by atoms with E-state index in [-0.39, 0.29) is 39.5 Å². The van der Waals surface area contributed by atoms with Gasteiger partial charge in [-0.05, 0) is 60.0 Å². The van der Waals surface area contributed by atoms with Crippen molar-refractivity contribution in [2.75, 3.05) is 17.4 Å². The van der Waals surface area contributed by atoms with Crippen molar-refractivity contribution in [1.82, 2.24) is 10.2 Å². The van der Waals surface area contributed by atoms with E-state index in [1.807, 2.05) is 37.3 Å². The Kier molecular flexibility index (Phi) is 11.7. The first kappa shape index (κ1) is 33.3. The van der Waals surface area contributed by atoms with Crippen LogP contribution in [-0.2, 0) is 32.6 Å². The zero-order chi connectivity index (χ0) is 31.7. The van der Waals surface area contributed by atoms with Gasteiger partial charge in [-0.15, -0.1) is 0 Å². The number of anilines is 1. The summed E-state index contributed by atoms with van der Waals surface area (Å²) in [5.74, 6) is -0.959. The van der Waals surface area contributed by atoms with Crippen LogP contribution in [0.3, 0.4) is 0 Å². The quantitative estimate of drug-likeness (QED) is 0.166. The first-order chi connectivity index (χ1) is 21.1. The van der Waals surface area contributed by atoms with Crippen LogP contribution in [0, 0.1) is 0 Å². The molecule has 0 aromatic heterocycles. The van der Waals surface area contributed by atoms with Gasteiger partial charge in [0.15, 0.2) is 0 Å². The smallest absolute Gasteiger partial charge is 0.264 e. The number of hydrogen-bond acceptors (Lipinski definition) is 4. The second-order valence-corrected chi connectivity index (χ2v) is 13.2. The fraction of sp³-hybridized carbons (Fsp3) is 0.212. The highest BCUT2D eigenvalue weighted by Crippen LogP contribution is 2.33. The molecule has 1 atom stereocenters. The van der Waals surface area contributed by atoms with E-state index in [2.05, 4.69) is 5.32 Å². The van der Waals surface area contributed by atoms with Crippen LogP contribution in [0.1, 0.15) is 24.5 Å². The number of hydrogen-bond donors (Lipinski definition) is 1. The molecule has 0 aliphatic carbocycles. The molecule has 2 amide bonds. The van der Waals surface area contributed by atoms with Gasteiger partial charge in [-0.25, -0.2) is 8.42 Å². The summed E-state index contributed by atoms with van der Waals surface area (Å²) in [5.41, 5.74) is 1.59. The Bertz CT molecular complexity index is 1670. The molecule has 0 unspecified atom stereocenters. The standard InChI is InChI=1S/C33H32Cl3N3O4S/c1-2-19-37-33(41)31(20-24-9-5-3-6-10-24)38(22-25-13-15-26(34)16-14-25)32(40)23-39(30-21-27(35)17-18-29(30)36)44(42,43)28-11-7-4-8-12-28/h3-18,21,31H,2,19-20,22-23H2,1H3,(H,37,41)/t31-/m1/s1. The van der Waals surface area contributed by atoms with Crippen molar-refractivity contribution in [3.63, 3.8) is 0 Å². The molecule has 0 saturated heterocycles. The predicted octanol–water partition coefficient (Wildman–Crippen LogP) is 7.01. The van der Waals surface area contributed by atoms with Gasteiger partial charge in [0.1, 0.15) is 12.6 Å². The van der Waals surface area contributed by atoms with Gasteiger partial charge in [0.05, 0.1) is 15.6 Å². The van der Waals surface area contributed by atoms with Crippen molar-refractivity contribution in [2.24, 2.45) is 0 Å². The molecule has 1 N–H and O–H groups in total. The molecular formula is C33H32Cl3N3O4S. The molecule has 44 heavy (non-hydrogen) atoms. The summed E-state index contributed by atoms with van der Waals surface area (Å²) < 4.78 is 29.0. The Morgan fingerprint density at radius 2 is 1.41 bits per heavy atom. The highest BCUT2D eigenvalue weighted by atomic mass is 35.5. The van der Waals surface area contributed by atoms with Crippen LogP contribution in [0.4, 0.5) is 5.69 Å². The second-order valence-electron chi connectivity index (χ2n) is 10.1. The molecule has 0 saturated carbocycles. The lowest BCUT2D eigenvalue weighted by molar-refractivity contribution is -0.140. The fourth-order valence-corrected chi connectivity index (χ4v) is 6.62. The number of nitrogens with one attached hydrogen (secondary N) is 1. The van der Waals surface area contributed by atoms with Crippen molar-refractivity contribution in [3.8, 4) is 0 Å². The topological polar surface area (TPSA) is 86.8 Å². The molecule has 4 rings (SSSR count). The fourth-order valence-electron chi connectivity index (χ4n) is 4.62. The van der Waals surface area contributed by atoms with E-state index in [0.29, 0.717) is 23.6 Å². The Morgan fingerprint density at radius 3 is 2.05 bits per heavy atom. The minimum absolute atomic E-state index is 0.0234. The molecule has 0 heterocycles. The summed E-state index contributed by atoms with van der Waals surface area (Å²) >= 11 is 18.9. The molecule has 0 aliphatic heterocycles. The van der Waals surface area contributed by atoms with Gasteiger partial charge in [-0.1, -0.05) is 102 Å². The lowest BCUT2D eigenvalue weighted by atomic mass is 10.0. The highest BCUT2D eigenvalue weighted by Gasteiger charge is 2.35. The molecular weight excluding hydrogens is 641 g/mol. The molecule has 7 nitrogen and oxygen atoms in total. The van der Waals surface area contributed by atoms with Crippen molar-refractivity contribution in [2.45, 2.75) is 37.2 Å². The molecule has 11 heteroatoms. The maximum Gasteiger partial charge on any atom is 0.264 e. The van der Waals surface area contributed by atoms with E-state index in [9.17, 15) is 18.0 Å². The van der Waals surface area contributed by atoms with Crippen LogP contribution in [0.15, 0.2) is 108 Å². The van der Waals surface area contributed by atoms with Gasteiger partial charge in [0.2, 0.25) is 11.8 Å². The summed E-state index contributed by atoms with van der Waals surface area (Å²) in [6, 6.07) is 27.5. The molecule has 0 spiro atoms. The average Bonchev–Trinajstić information content (AvgIpc) is 3.03. The largest absolute Gasteiger partial charge is 0.354 e. The summed E-state index contributed by atoms with van der Waals surface area (Å²) in [7, 11) is -4.29. The van der Waals surface area contributed by atoms with Crippen LogP contribution in [0.5, 0.6) is 0 Å². The third-order valence-electron chi connectivity index (χ3n) is 6.87. The van der Waals surface area contributed by atoms with Crippen molar-refractivity contribution in [3.05, 3.63) is 129 Å². The van der Waals surface area contributed by atoms with Crippen LogP contribution in [0.25, 0.3) is 0 Å². The van der Waals surface area contributed by atoms with E-state index in [0.717, 1.165) is 9.87 Å². The summed E-state index contributed by atoms with van der Waals surface area (Å²) in [6.45, 7) is 1.73. The van der Waals surface area contributed by atoms with Crippen LogP contribution < -0.4 is 9.62 Å². The molecule has 4 aromatic rings. The SMILES string of the molecule is CCCNC(=O)[C@@H](Cc1ccccc1)N(Cc1ccc(Cl)cc1)C(=O)CN(c1cc(Cl)ccc1Cl)S(=O)(=O)c1ccccc1. The first-order valence-electron chi connectivity index (χ1n) is 14.0. The number of carbonyl (C=O) groups excluding carboxylic acids is 2. The molecule has 230 valence electrons. The van der Waals surface area contributed by atoms with E-state index in [4.69, 9.17) is 34.8 Å². The number of benzene rings is 4. The second kappa shape index (κ2) is 15.4. The Labute approximate surface area is 273 Å². The van der Waals surface area contributed by atoms with Gasteiger partial charge in [-0.3, -0.25) is 13.9 Å². The van der Waals surface area contributed by atoms with Gasteiger partial charge >= 0.3 is 0 Å². The minimum atomic E-state index is -4.29. The summed E-state index contributed by atoms with van der Waals surface area (Å²) in [6.07, 6.45) is 0.907. The van der Waals surface area contributed by atoms with Gasteiger partial charge < -0.3 is 10.2 Å². The Hall–Kier alpha value is -3.56. The zero-order valence-corrected chi connectivity index (χ0v) is 27.1. The highest BCUT2D eigenvalue weighted by molar-refractivity contribution is 7.92. The van der Waals surface area contributed by atoms with Crippen LogP contribution >= 0.6 is 34.8 Å². The number of nitrogens with zero attached hydrogens (tertiary/aromatic N) is 2. The van der Waals surface area contributed by atoms with Gasteiger partial charge in [-0.2, -0.15) is 0 Å². The first-order valence-corrected chi connectivity index (χ1v) is 16.6. The average molecular weight is 673 g/mol. The molecule has 0 radical (unpaired) electrons. The van der Waals surface area contributed by atoms with Crippen molar-refractivity contribution in [1.29, 1.82) is 0 Å². The van der Waals surface area contributed by atoms with Crippen LogP contribution in [0.2, 0.25) is 15.1 Å². The molecule has 0 fully saturated rings. The van der Waals surface area contributed by atoms with Gasteiger partial charge in [0.25, 0.3) is 10.0 Å². The van der Waals surface area contributed by atoms with Gasteiger partial charge in [0, 0.05) is 29.6 Å². The van der Waals surface area contributed by atoms with E-state index >= 15 is 0 Å². The maximum atomic E-state index is 14.4. The summed E-state index contributed by atoms with van der Waals surface area (Å²) in [5, 5.41) is 3.76. The molecule has 0 bridgehead atoms. The third-order valence-corrected chi connectivity index (χ3v) is 9.45. The van der Waals surface area contributed by atoms with E-state index in [1.54, 1.807) is 42.5 Å². The van der Waals surface area contributed by atoms with E-state index < -0.39 is 28.5 Å². The molecule has 4 aromatic carbocycles. The monoisotopic (exact) mass is 671 g/mol. The number of amides is 2. The third kappa shape index (κ3) is 8.54. The Balaban J connectivity index is 1.81. The predicted molar refractivity (Wildman–Crippen MR) is 177 cm³/mol. The van der Waals surface area contributed by atoms with Crippen LogP contribution in [-0.4, -0.2) is 44.3 Å². The lowest BCUT2D eigenvalue weighted by Crippen LogP contribution is -2.53. The van der Waals surface area contributed by atoms with E-state index in [1.165, 1.54) is 35.2 Å². The maximum absolute atomic E-state index is 14.4. The summed E-state index contributed by atoms with van der Waals surface area (Å²) in [4.78, 5) is 29.5. The number of sulfonamides is 1. The Morgan fingerprint density at radius 1 is 0.795 bits per heavy atom. The zero-order valence-electron chi connectivity index (χ0n) is 24.0. The minimum Gasteiger partial charge on any atom is -0.354 e. The number of rotatable bonds is 13. The lowest BCUT2D eigenvalue weighted by Gasteiger charge is -2.34. The molecule has 0 aliphatic rings. The normalized spacial score (nSPS) is 11.9.